The summed E-state index contributed by atoms with van der Waals surface area (Å²) in [6, 6.07) is 8.19. The number of methoxy groups -OCH3 is 1. The molecule has 90 valence electrons. The molecule has 0 saturated carbocycles. The first-order valence-electron chi connectivity index (χ1n) is 5.66. The molecular weight excluding hydrogens is 214 g/mol. The minimum Gasteiger partial charge on any atom is -0.496 e. The van der Waals surface area contributed by atoms with Gasteiger partial charge in [0.2, 0.25) is 0 Å². The molecule has 17 heavy (non-hydrogen) atoms. The number of rotatable bonds is 5. The Kier molecular flexibility index (Phi) is 3.77. The van der Waals surface area contributed by atoms with Crippen molar-refractivity contribution in [2.75, 3.05) is 7.11 Å². The third-order valence-corrected chi connectivity index (χ3v) is 2.72. The molecule has 0 saturated heterocycles. The highest BCUT2D eigenvalue weighted by Gasteiger charge is 2.08. The van der Waals surface area contributed by atoms with Gasteiger partial charge in [0, 0.05) is 24.5 Å². The van der Waals surface area contributed by atoms with Crippen LogP contribution in [0.2, 0.25) is 0 Å². The molecule has 0 aliphatic carbocycles. The summed E-state index contributed by atoms with van der Waals surface area (Å²) in [6.45, 7) is 2.83. The zero-order chi connectivity index (χ0) is 12.1. The summed E-state index contributed by atoms with van der Waals surface area (Å²) >= 11 is 0. The van der Waals surface area contributed by atoms with Gasteiger partial charge in [0.1, 0.15) is 11.6 Å². The van der Waals surface area contributed by atoms with Crippen molar-refractivity contribution >= 4 is 0 Å². The van der Waals surface area contributed by atoms with E-state index in [0.29, 0.717) is 0 Å². The Morgan fingerprint density at radius 1 is 1.41 bits per heavy atom. The van der Waals surface area contributed by atoms with Crippen molar-refractivity contribution in [1.29, 1.82) is 0 Å². The van der Waals surface area contributed by atoms with Gasteiger partial charge >= 0.3 is 0 Å². The molecule has 1 heterocycles. The Bertz CT molecular complexity index is 453. The number of ether oxygens (including phenoxy) is 1. The standard InChI is InChI=1S/C13H17N3O/c1-10(13-14-7-8-15-13)16-9-11-5-3-4-6-12(11)17-2/h3-8,10,16H,9H2,1-2H3,(H,14,15). The van der Waals surface area contributed by atoms with Crippen molar-refractivity contribution in [3.63, 3.8) is 0 Å². The number of hydrogen-bond acceptors (Lipinski definition) is 3. The first-order valence-corrected chi connectivity index (χ1v) is 5.66. The van der Waals surface area contributed by atoms with Crippen LogP contribution in [0.4, 0.5) is 0 Å². The summed E-state index contributed by atoms with van der Waals surface area (Å²) in [6.07, 6.45) is 3.59. The maximum atomic E-state index is 5.30. The molecule has 0 aliphatic rings. The van der Waals surface area contributed by atoms with Crippen molar-refractivity contribution in [2.45, 2.75) is 19.5 Å². The molecule has 4 nitrogen and oxygen atoms in total. The van der Waals surface area contributed by atoms with Crippen LogP contribution in [0.1, 0.15) is 24.4 Å². The highest BCUT2D eigenvalue weighted by molar-refractivity contribution is 5.33. The number of nitrogens with zero attached hydrogens (tertiary/aromatic N) is 1. The Morgan fingerprint density at radius 3 is 2.94 bits per heavy atom. The smallest absolute Gasteiger partial charge is 0.123 e. The van der Waals surface area contributed by atoms with Gasteiger partial charge in [-0.2, -0.15) is 0 Å². The second-order valence-corrected chi connectivity index (χ2v) is 3.89. The van der Waals surface area contributed by atoms with Crippen LogP contribution >= 0.6 is 0 Å². The normalized spacial score (nSPS) is 12.4. The lowest BCUT2D eigenvalue weighted by molar-refractivity contribution is 0.405. The number of hydrogen-bond donors (Lipinski definition) is 2. The van der Waals surface area contributed by atoms with E-state index >= 15 is 0 Å². The molecule has 0 fully saturated rings. The number of benzene rings is 1. The lowest BCUT2D eigenvalue weighted by Crippen LogP contribution is -2.19. The molecule has 1 atom stereocenters. The largest absolute Gasteiger partial charge is 0.496 e. The van der Waals surface area contributed by atoms with Crippen LogP contribution in [0, 0.1) is 0 Å². The molecule has 1 aromatic carbocycles. The number of aromatic amines is 1. The van der Waals surface area contributed by atoms with Crippen molar-refractivity contribution in [1.82, 2.24) is 15.3 Å². The third-order valence-electron chi connectivity index (χ3n) is 2.72. The van der Waals surface area contributed by atoms with E-state index in [-0.39, 0.29) is 6.04 Å². The fourth-order valence-electron chi connectivity index (χ4n) is 1.72. The summed E-state index contributed by atoms with van der Waals surface area (Å²) in [5.41, 5.74) is 1.15. The van der Waals surface area contributed by atoms with Crippen LogP contribution < -0.4 is 10.1 Å². The predicted molar refractivity (Wildman–Crippen MR) is 66.8 cm³/mol. The number of para-hydroxylation sites is 1. The second kappa shape index (κ2) is 5.50. The number of H-pyrrole nitrogens is 1. The zero-order valence-electron chi connectivity index (χ0n) is 10.1. The molecule has 0 bridgehead atoms. The van der Waals surface area contributed by atoms with Gasteiger partial charge < -0.3 is 15.0 Å². The highest BCUT2D eigenvalue weighted by Crippen LogP contribution is 2.18. The summed E-state index contributed by atoms with van der Waals surface area (Å²) in [5, 5.41) is 3.40. The van der Waals surface area contributed by atoms with Crippen molar-refractivity contribution in [3.05, 3.63) is 48.0 Å². The van der Waals surface area contributed by atoms with E-state index in [4.69, 9.17) is 4.74 Å². The molecular formula is C13H17N3O. The number of nitrogens with one attached hydrogen (secondary N) is 2. The monoisotopic (exact) mass is 231 g/mol. The number of imidazole rings is 1. The third kappa shape index (κ3) is 2.85. The molecule has 1 unspecified atom stereocenters. The topological polar surface area (TPSA) is 49.9 Å². The predicted octanol–water partition coefficient (Wildman–Crippen LogP) is 2.27. The molecule has 0 radical (unpaired) electrons. The van der Waals surface area contributed by atoms with Gasteiger partial charge in [-0.1, -0.05) is 18.2 Å². The average molecular weight is 231 g/mol. The van der Waals surface area contributed by atoms with Crippen LogP contribution in [-0.4, -0.2) is 17.1 Å². The summed E-state index contributed by atoms with van der Waals surface area (Å²) in [7, 11) is 1.69. The molecule has 0 spiro atoms. The van der Waals surface area contributed by atoms with Crippen LogP contribution in [0.3, 0.4) is 0 Å². The van der Waals surface area contributed by atoms with E-state index in [0.717, 1.165) is 23.7 Å². The van der Waals surface area contributed by atoms with Crippen molar-refractivity contribution in [2.24, 2.45) is 0 Å². The summed E-state index contributed by atoms with van der Waals surface area (Å²) in [4.78, 5) is 7.32. The quantitative estimate of drug-likeness (QED) is 0.830. The Balaban J connectivity index is 1.98. The van der Waals surface area contributed by atoms with Gasteiger partial charge in [0.15, 0.2) is 0 Å². The van der Waals surface area contributed by atoms with E-state index in [1.165, 1.54) is 0 Å². The Hall–Kier alpha value is -1.81. The van der Waals surface area contributed by atoms with E-state index in [2.05, 4.69) is 28.3 Å². The van der Waals surface area contributed by atoms with Gasteiger partial charge in [-0.05, 0) is 13.0 Å². The van der Waals surface area contributed by atoms with Gasteiger partial charge in [-0.25, -0.2) is 4.98 Å². The van der Waals surface area contributed by atoms with Gasteiger partial charge in [-0.3, -0.25) is 0 Å². The van der Waals surface area contributed by atoms with Gasteiger partial charge in [-0.15, -0.1) is 0 Å². The lowest BCUT2D eigenvalue weighted by Gasteiger charge is -2.13. The second-order valence-electron chi connectivity index (χ2n) is 3.89. The lowest BCUT2D eigenvalue weighted by atomic mass is 10.2. The van der Waals surface area contributed by atoms with Crippen molar-refractivity contribution in [3.8, 4) is 5.75 Å². The number of aromatic nitrogens is 2. The van der Waals surface area contributed by atoms with E-state index in [1.54, 1.807) is 13.3 Å². The molecule has 4 heteroatoms. The fourth-order valence-corrected chi connectivity index (χ4v) is 1.72. The average Bonchev–Trinajstić information content (AvgIpc) is 2.90. The summed E-state index contributed by atoms with van der Waals surface area (Å²) in [5.74, 6) is 1.85. The molecule has 0 aliphatic heterocycles. The molecule has 0 amide bonds. The maximum absolute atomic E-state index is 5.30. The maximum Gasteiger partial charge on any atom is 0.123 e. The summed E-state index contributed by atoms with van der Waals surface area (Å²) < 4.78 is 5.30. The highest BCUT2D eigenvalue weighted by atomic mass is 16.5. The SMILES string of the molecule is COc1ccccc1CNC(C)c1ncc[nH]1. The minimum atomic E-state index is 0.190. The van der Waals surface area contributed by atoms with Crippen LogP contribution in [0.5, 0.6) is 5.75 Å². The van der Waals surface area contributed by atoms with E-state index < -0.39 is 0 Å². The first-order chi connectivity index (χ1) is 8.31. The van der Waals surface area contributed by atoms with E-state index in [9.17, 15) is 0 Å². The van der Waals surface area contributed by atoms with E-state index in [1.807, 2.05) is 24.4 Å². The van der Waals surface area contributed by atoms with Crippen LogP contribution in [-0.2, 0) is 6.54 Å². The van der Waals surface area contributed by atoms with Gasteiger partial charge in [0.25, 0.3) is 0 Å². The molecule has 1 aromatic heterocycles. The van der Waals surface area contributed by atoms with Crippen molar-refractivity contribution < 1.29 is 4.74 Å². The molecule has 2 rings (SSSR count). The van der Waals surface area contributed by atoms with Crippen LogP contribution in [0.25, 0.3) is 0 Å². The Morgan fingerprint density at radius 2 is 2.24 bits per heavy atom. The van der Waals surface area contributed by atoms with Gasteiger partial charge in [0.05, 0.1) is 13.2 Å². The first kappa shape index (κ1) is 11.7. The Labute approximate surface area is 101 Å². The molecule has 2 aromatic rings. The minimum absolute atomic E-state index is 0.190. The zero-order valence-corrected chi connectivity index (χ0v) is 10.1. The fraction of sp³-hybridized carbons (Fsp3) is 0.308. The van der Waals surface area contributed by atoms with Crippen LogP contribution in [0.15, 0.2) is 36.7 Å². The molecule has 2 N–H and O–H groups in total.